The highest BCUT2D eigenvalue weighted by Gasteiger charge is 2.46. The van der Waals surface area contributed by atoms with Crippen molar-refractivity contribution in [2.45, 2.75) is 91.4 Å². The highest BCUT2D eigenvalue weighted by molar-refractivity contribution is 5.28. The minimum absolute atomic E-state index is 0.336. The van der Waals surface area contributed by atoms with Crippen LogP contribution in [0.1, 0.15) is 91.5 Å². The van der Waals surface area contributed by atoms with Crippen molar-refractivity contribution < 1.29 is 0 Å². The van der Waals surface area contributed by atoms with Crippen LogP contribution in [0.4, 0.5) is 0 Å². The number of hydrogen-bond acceptors (Lipinski definition) is 0. The van der Waals surface area contributed by atoms with Crippen LogP contribution in [-0.4, -0.2) is 0 Å². The lowest BCUT2D eigenvalue weighted by atomic mass is 9.59. The molecule has 0 aliphatic heterocycles. The molecule has 0 nitrogen and oxygen atoms in total. The summed E-state index contributed by atoms with van der Waals surface area (Å²) in [4.78, 5) is 0. The fraction of sp³-hybridized carbons (Fsp3) is 0.727. The molecule has 1 aromatic carbocycles. The zero-order valence-corrected chi connectivity index (χ0v) is 15.5. The van der Waals surface area contributed by atoms with Crippen molar-refractivity contribution in [2.75, 3.05) is 0 Å². The summed E-state index contributed by atoms with van der Waals surface area (Å²) in [5, 5.41) is 0. The second-order valence-electron chi connectivity index (χ2n) is 9.23. The van der Waals surface area contributed by atoms with Crippen molar-refractivity contribution in [3.63, 3.8) is 0 Å². The predicted molar refractivity (Wildman–Crippen MR) is 98.3 cm³/mol. The van der Waals surface area contributed by atoms with Crippen molar-refractivity contribution in [2.24, 2.45) is 10.8 Å². The molecule has 0 N–H and O–H groups in total. The number of rotatable bonds is 6. The van der Waals surface area contributed by atoms with Crippen molar-refractivity contribution in [1.29, 1.82) is 0 Å². The first-order valence-corrected chi connectivity index (χ1v) is 9.32. The number of benzene rings is 1. The van der Waals surface area contributed by atoms with Crippen LogP contribution in [0, 0.1) is 10.8 Å². The Balaban J connectivity index is 2.12. The van der Waals surface area contributed by atoms with E-state index in [0.717, 1.165) is 0 Å². The maximum atomic E-state index is 2.55. The molecule has 1 atom stereocenters. The first-order chi connectivity index (χ1) is 10.3. The molecule has 124 valence electrons. The molecule has 1 fully saturated rings. The monoisotopic (exact) mass is 300 g/mol. The van der Waals surface area contributed by atoms with Crippen molar-refractivity contribution in [3.8, 4) is 0 Å². The van der Waals surface area contributed by atoms with Crippen molar-refractivity contribution in [3.05, 3.63) is 35.9 Å². The van der Waals surface area contributed by atoms with Gasteiger partial charge in [0.05, 0.1) is 0 Å². The molecule has 0 saturated heterocycles. The van der Waals surface area contributed by atoms with E-state index >= 15 is 0 Å². The molecular formula is C22H36. The molecule has 0 unspecified atom stereocenters. The van der Waals surface area contributed by atoms with Gasteiger partial charge in [-0.15, -0.1) is 0 Å². The van der Waals surface area contributed by atoms with Gasteiger partial charge in [-0.25, -0.2) is 0 Å². The second kappa shape index (κ2) is 6.77. The third kappa shape index (κ3) is 3.94. The van der Waals surface area contributed by atoms with Crippen LogP contribution < -0.4 is 0 Å². The Hall–Kier alpha value is -0.780. The molecule has 0 amide bonds. The fourth-order valence-electron chi connectivity index (χ4n) is 4.44. The normalized spacial score (nSPS) is 20.8. The summed E-state index contributed by atoms with van der Waals surface area (Å²) in [5.74, 6) is 0. The lowest BCUT2D eigenvalue weighted by Gasteiger charge is -2.45. The summed E-state index contributed by atoms with van der Waals surface area (Å²) in [6.07, 6.45) is 11.0. The molecule has 1 saturated carbocycles. The van der Waals surface area contributed by atoms with Gasteiger partial charge in [-0.3, -0.25) is 0 Å². The Morgan fingerprint density at radius 2 is 1.41 bits per heavy atom. The summed E-state index contributed by atoms with van der Waals surface area (Å²) in [6, 6.07) is 11.3. The summed E-state index contributed by atoms with van der Waals surface area (Å²) in [7, 11) is 0. The summed E-state index contributed by atoms with van der Waals surface area (Å²) < 4.78 is 0. The summed E-state index contributed by atoms with van der Waals surface area (Å²) >= 11 is 0. The van der Waals surface area contributed by atoms with Crippen molar-refractivity contribution in [1.82, 2.24) is 0 Å². The first kappa shape index (κ1) is 17.6. The molecule has 1 aliphatic carbocycles. The van der Waals surface area contributed by atoms with E-state index in [0.29, 0.717) is 16.2 Å². The van der Waals surface area contributed by atoms with E-state index in [2.05, 4.69) is 65.0 Å². The largest absolute Gasteiger partial charge is 0.0622 e. The minimum Gasteiger partial charge on any atom is -0.0622 e. The third-order valence-corrected chi connectivity index (χ3v) is 6.30. The highest BCUT2D eigenvalue weighted by Crippen LogP contribution is 2.54. The lowest BCUT2D eigenvalue weighted by molar-refractivity contribution is 0.142. The molecule has 1 aliphatic rings. The molecule has 0 spiro atoms. The Labute approximate surface area is 138 Å². The van der Waals surface area contributed by atoms with Gasteiger partial charge in [-0.2, -0.15) is 0 Å². The molecule has 2 rings (SSSR count). The molecule has 0 aromatic heterocycles. The quantitative estimate of drug-likeness (QED) is 0.490. The van der Waals surface area contributed by atoms with Gasteiger partial charge in [0, 0.05) is 0 Å². The fourth-order valence-corrected chi connectivity index (χ4v) is 4.44. The van der Waals surface area contributed by atoms with E-state index < -0.39 is 0 Å². The van der Waals surface area contributed by atoms with Gasteiger partial charge in [0.2, 0.25) is 0 Å². The van der Waals surface area contributed by atoms with Crippen LogP contribution in [0.2, 0.25) is 0 Å². The molecule has 0 heteroatoms. The third-order valence-electron chi connectivity index (χ3n) is 6.30. The maximum Gasteiger partial charge on any atom is -0.00215 e. The standard InChI is InChI=1S/C22H36/c1-20(2,3)15-9-12-18-22(5,19-13-7-6-8-14-19)21(4)16-10-11-17-21/h6-8,13-14H,9-12,15-18H2,1-5H3/t22-/m1/s1. The van der Waals surface area contributed by atoms with Gasteiger partial charge in [-0.05, 0) is 47.5 Å². The maximum absolute atomic E-state index is 2.55. The molecule has 22 heavy (non-hydrogen) atoms. The van der Waals surface area contributed by atoms with Crippen LogP contribution in [0.25, 0.3) is 0 Å². The van der Waals surface area contributed by atoms with Gasteiger partial charge in [0.1, 0.15) is 0 Å². The SMILES string of the molecule is CC(C)(C)CCCC[C@](C)(c1ccccc1)C1(C)CCCC1. The minimum atomic E-state index is 0.336. The Morgan fingerprint density at radius 3 is 1.95 bits per heavy atom. The molecular weight excluding hydrogens is 264 g/mol. The summed E-state index contributed by atoms with van der Waals surface area (Å²) in [6.45, 7) is 12.2. The number of unbranched alkanes of at least 4 members (excludes halogenated alkanes) is 1. The van der Waals surface area contributed by atoms with Crippen LogP contribution in [0.15, 0.2) is 30.3 Å². The zero-order valence-electron chi connectivity index (χ0n) is 15.5. The molecule has 0 heterocycles. The second-order valence-corrected chi connectivity index (χ2v) is 9.23. The average Bonchev–Trinajstić information content (AvgIpc) is 2.92. The van der Waals surface area contributed by atoms with Gasteiger partial charge in [-0.1, -0.05) is 90.6 Å². The van der Waals surface area contributed by atoms with Gasteiger partial charge in [0.15, 0.2) is 0 Å². The van der Waals surface area contributed by atoms with Crippen LogP contribution in [0.3, 0.4) is 0 Å². The topological polar surface area (TPSA) is 0 Å². The predicted octanol–water partition coefficient (Wildman–Crippen LogP) is 7.13. The van der Waals surface area contributed by atoms with Gasteiger partial charge in [0.25, 0.3) is 0 Å². The van der Waals surface area contributed by atoms with Crippen molar-refractivity contribution >= 4 is 0 Å². The Kier molecular flexibility index (Phi) is 5.41. The summed E-state index contributed by atoms with van der Waals surface area (Å²) in [5.41, 5.74) is 2.86. The molecule has 0 bridgehead atoms. The van der Waals surface area contributed by atoms with Gasteiger partial charge < -0.3 is 0 Å². The van der Waals surface area contributed by atoms with E-state index in [4.69, 9.17) is 0 Å². The highest BCUT2D eigenvalue weighted by atomic mass is 14.5. The van der Waals surface area contributed by atoms with Crippen LogP contribution in [-0.2, 0) is 5.41 Å². The van der Waals surface area contributed by atoms with E-state index in [1.165, 1.54) is 51.4 Å². The van der Waals surface area contributed by atoms with E-state index in [1.54, 1.807) is 5.56 Å². The van der Waals surface area contributed by atoms with Gasteiger partial charge >= 0.3 is 0 Å². The lowest BCUT2D eigenvalue weighted by Crippen LogP contribution is -2.39. The van der Waals surface area contributed by atoms with E-state index in [9.17, 15) is 0 Å². The molecule has 0 radical (unpaired) electrons. The van der Waals surface area contributed by atoms with E-state index in [-0.39, 0.29) is 0 Å². The number of hydrogen-bond donors (Lipinski definition) is 0. The first-order valence-electron chi connectivity index (χ1n) is 9.32. The average molecular weight is 301 g/mol. The van der Waals surface area contributed by atoms with Crippen LogP contribution in [0.5, 0.6) is 0 Å². The van der Waals surface area contributed by atoms with Crippen LogP contribution >= 0.6 is 0 Å². The Bertz CT molecular complexity index is 445. The zero-order chi connectivity index (χ0) is 16.3. The smallest absolute Gasteiger partial charge is 0.00215 e. The van der Waals surface area contributed by atoms with E-state index in [1.807, 2.05) is 0 Å². The molecule has 1 aromatic rings. The Morgan fingerprint density at radius 1 is 0.864 bits per heavy atom.